The predicted molar refractivity (Wildman–Crippen MR) is 115 cm³/mol. The van der Waals surface area contributed by atoms with E-state index in [-0.39, 0.29) is 24.5 Å². The highest BCUT2D eigenvalue weighted by atomic mass is 16.5. The van der Waals surface area contributed by atoms with Gasteiger partial charge in [0.1, 0.15) is 24.8 Å². The zero-order valence-electron chi connectivity index (χ0n) is 17.6. The third-order valence-electron chi connectivity index (χ3n) is 6.44. The van der Waals surface area contributed by atoms with Gasteiger partial charge in [0.2, 0.25) is 11.8 Å². The van der Waals surface area contributed by atoms with Crippen molar-refractivity contribution in [2.45, 2.75) is 31.8 Å². The van der Waals surface area contributed by atoms with Crippen LogP contribution in [0.25, 0.3) is 0 Å². The minimum atomic E-state index is -0.0474. The van der Waals surface area contributed by atoms with Gasteiger partial charge in [-0.05, 0) is 37.3 Å². The number of rotatable bonds is 5. The Morgan fingerprint density at radius 3 is 2.65 bits per heavy atom. The van der Waals surface area contributed by atoms with E-state index in [9.17, 15) is 9.59 Å². The number of hydrogen-bond donors (Lipinski definition) is 0. The van der Waals surface area contributed by atoms with E-state index >= 15 is 0 Å². The Kier molecular flexibility index (Phi) is 5.44. The summed E-state index contributed by atoms with van der Waals surface area (Å²) in [4.78, 5) is 39.9. The van der Waals surface area contributed by atoms with Crippen LogP contribution < -0.4 is 9.64 Å². The van der Waals surface area contributed by atoms with E-state index in [4.69, 9.17) is 4.74 Å². The predicted octanol–water partition coefficient (Wildman–Crippen LogP) is 1.76. The lowest BCUT2D eigenvalue weighted by molar-refractivity contribution is -0.132. The normalized spacial score (nSPS) is 19.1. The molecule has 0 N–H and O–H groups in total. The zero-order chi connectivity index (χ0) is 21.2. The fourth-order valence-electron chi connectivity index (χ4n) is 4.30. The molecule has 5 rings (SSSR count). The topological polar surface area (TPSA) is 78.9 Å². The fourth-order valence-corrected chi connectivity index (χ4v) is 4.30. The van der Waals surface area contributed by atoms with E-state index in [2.05, 4.69) is 14.9 Å². The maximum Gasteiger partial charge on any atom is 0.254 e. The molecule has 2 fully saturated rings. The number of piperazine rings is 1. The van der Waals surface area contributed by atoms with Crippen molar-refractivity contribution in [3.8, 4) is 5.88 Å². The van der Waals surface area contributed by atoms with Crippen molar-refractivity contribution >= 4 is 17.6 Å². The first-order valence-electron chi connectivity index (χ1n) is 11.1. The standard InChI is InChI=1S/C23H27N5O3/c29-22(15-28-9-8-17-4-1-2-7-19(17)23(28)30)27-12-10-26(11-13-27)20-14-21(25-16-24-20)31-18-5-3-6-18/h1-2,4,7,14,16,18H,3,5-6,8-13,15H2. The van der Waals surface area contributed by atoms with Crippen LogP contribution in [0, 0.1) is 0 Å². The average Bonchev–Trinajstić information content (AvgIpc) is 2.79. The smallest absolute Gasteiger partial charge is 0.254 e. The van der Waals surface area contributed by atoms with Crippen molar-refractivity contribution in [2.24, 2.45) is 0 Å². The molecule has 2 amide bonds. The van der Waals surface area contributed by atoms with Crippen LogP contribution in [-0.2, 0) is 11.2 Å². The Hall–Kier alpha value is -3.16. The molecule has 8 nitrogen and oxygen atoms in total. The SMILES string of the molecule is O=C(CN1CCc2ccccc2C1=O)N1CCN(c2cc(OC3CCC3)ncn2)CC1. The van der Waals surface area contributed by atoms with Gasteiger partial charge >= 0.3 is 0 Å². The third kappa shape index (κ3) is 4.19. The van der Waals surface area contributed by atoms with E-state index < -0.39 is 0 Å². The molecule has 0 unspecified atom stereocenters. The van der Waals surface area contributed by atoms with Gasteiger partial charge in [-0.25, -0.2) is 9.97 Å². The Morgan fingerprint density at radius 1 is 1.06 bits per heavy atom. The molecule has 2 aromatic rings. The maximum absolute atomic E-state index is 12.8. The quantitative estimate of drug-likeness (QED) is 0.732. The molecule has 8 heteroatoms. The van der Waals surface area contributed by atoms with Crippen molar-refractivity contribution in [1.82, 2.24) is 19.8 Å². The molecule has 1 saturated heterocycles. The second-order valence-electron chi connectivity index (χ2n) is 8.39. The van der Waals surface area contributed by atoms with Gasteiger partial charge in [-0.2, -0.15) is 0 Å². The minimum absolute atomic E-state index is 0.00377. The van der Waals surface area contributed by atoms with Crippen LogP contribution in [0.3, 0.4) is 0 Å². The summed E-state index contributed by atoms with van der Waals surface area (Å²) in [6.45, 7) is 3.34. The summed E-state index contributed by atoms with van der Waals surface area (Å²) in [6, 6.07) is 9.54. The molecule has 1 aliphatic carbocycles. The lowest BCUT2D eigenvalue weighted by Crippen LogP contribution is -2.52. The average molecular weight is 422 g/mol. The summed E-state index contributed by atoms with van der Waals surface area (Å²) in [5.74, 6) is 1.41. The summed E-state index contributed by atoms with van der Waals surface area (Å²) in [6.07, 6.45) is 6.01. The van der Waals surface area contributed by atoms with Crippen molar-refractivity contribution in [3.63, 3.8) is 0 Å². The second-order valence-corrected chi connectivity index (χ2v) is 8.39. The highest BCUT2D eigenvalue weighted by Gasteiger charge is 2.29. The highest BCUT2D eigenvalue weighted by molar-refractivity contribution is 5.98. The summed E-state index contributed by atoms with van der Waals surface area (Å²) < 4.78 is 5.88. The van der Waals surface area contributed by atoms with Gasteiger partial charge in [0.15, 0.2) is 0 Å². The van der Waals surface area contributed by atoms with Crippen molar-refractivity contribution in [3.05, 3.63) is 47.8 Å². The van der Waals surface area contributed by atoms with E-state index in [0.717, 1.165) is 36.2 Å². The zero-order valence-corrected chi connectivity index (χ0v) is 17.6. The molecule has 3 heterocycles. The van der Waals surface area contributed by atoms with E-state index in [1.807, 2.05) is 35.2 Å². The monoisotopic (exact) mass is 421 g/mol. The van der Waals surface area contributed by atoms with Gasteiger partial charge in [0.25, 0.3) is 5.91 Å². The summed E-state index contributed by atoms with van der Waals surface area (Å²) in [5.41, 5.74) is 1.78. The molecule has 1 saturated carbocycles. The number of hydrogen-bond acceptors (Lipinski definition) is 6. The molecule has 0 radical (unpaired) electrons. The maximum atomic E-state index is 12.8. The number of nitrogens with zero attached hydrogens (tertiary/aromatic N) is 5. The largest absolute Gasteiger partial charge is 0.474 e. The van der Waals surface area contributed by atoms with Crippen molar-refractivity contribution in [1.29, 1.82) is 0 Å². The molecule has 31 heavy (non-hydrogen) atoms. The summed E-state index contributed by atoms with van der Waals surface area (Å²) in [5, 5.41) is 0. The number of fused-ring (bicyclic) bond motifs is 1. The first-order valence-corrected chi connectivity index (χ1v) is 11.1. The lowest BCUT2D eigenvalue weighted by atomic mass is 9.96. The molecule has 0 spiro atoms. The summed E-state index contributed by atoms with van der Waals surface area (Å²) in [7, 11) is 0. The molecule has 0 bridgehead atoms. The number of benzene rings is 1. The highest BCUT2D eigenvalue weighted by Crippen LogP contribution is 2.26. The minimum Gasteiger partial charge on any atom is -0.474 e. The number of ether oxygens (including phenoxy) is 1. The molecule has 162 valence electrons. The van der Waals surface area contributed by atoms with Gasteiger partial charge < -0.3 is 19.4 Å². The Morgan fingerprint density at radius 2 is 1.87 bits per heavy atom. The van der Waals surface area contributed by atoms with Crippen LogP contribution in [-0.4, -0.2) is 77.0 Å². The van der Waals surface area contributed by atoms with Gasteiger partial charge in [-0.1, -0.05) is 18.2 Å². The van der Waals surface area contributed by atoms with Crippen LogP contribution in [0.2, 0.25) is 0 Å². The van der Waals surface area contributed by atoms with Gasteiger partial charge in [0, 0.05) is 44.4 Å². The first kappa shape index (κ1) is 19.8. The van der Waals surface area contributed by atoms with E-state index in [1.165, 1.54) is 6.42 Å². The van der Waals surface area contributed by atoms with E-state index in [1.54, 1.807) is 11.2 Å². The Labute approximate surface area is 181 Å². The van der Waals surface area contributed by atoms with Crippen LogP contribution in [0.1, 0.15) is 35.2 Å². The molecular weight excluding hydrogens is 394 g/mol. The summed E-state index contributed by atoms with van der Waals surface area (Å²) >= 11 is 0. The van der Waals surface area contributed by atoms with Crippen LogP contribution in [0.4, 0.5) is 5.82 Å². The number of amides is 2. The Balaban J connectivity index is 1.15. The first-order chi connectivity index (χ1) is 15.2. The van der Waals surface area contributed by atoms with Crippen LogP contribution in [0.15, 0.2) is 36.7 Å². The van der Waals surface area contributed by atoms with Crippen LogP contribution in [0.5, 0.6) is 5.88 Å². The van der Waals surface area contributed by atoms with E-state index in [0.29, 0.717) is 38.6 Å². The lowest BCUT2D eigenvalue weighted by Gasteiger charge is -2.37. The number of carbonyl (C=O) groups excluding carboxylic acids is 2. The number of carbonyl (C=O) groups is 2. The Bertz CT molecular complexity index is 969. The molecular formula is C23H27N5O3. The fraction of sp³-hybridized carbons (Fsp3) is 0.478. The van der Waals surface area contributed by atoms with Gasteiger partial charge in [-0.15, -0.1) is 0 Å². The van der Waals surface area contributed by atoms with Gasteiger partial charge in [0.05, 0.1) is 0 Å². The second kappa shape index (κ2) is 8.53. The molecule has 3 aliphatic rings. The van der Waals surface area contributed by atoms with Crippen molar-refractivity contribution in [2.75, 3.05) is 44.2 Å². The van der Waals surface area contributed by atoms with Crippen LogP contribution >= 0.6 is 0 Å². The number of anilines is 1. The molecule has 0 atom stereocenters. The number of aromatic nitrogens is 2. The van der Waals surface area contributed by atoms with Gasteiger partial charge in [-0.3, -0.25) is 9.59 Å². The third-order valence-corrected chi connectivity index (χ3v) is 6.44. The molecule has 1 aromatic carbocycles. The van der Waals surface area contributed by atoms with Crippen molar-refractivity contribution < 1.29 is 14.3 Å². The molecule has 1 aromatic heterocycles. The molecule has 2 aliphatic heterocycles.